The van der Waals surface area contributed by atoms with Crippen LogP contribution in [0.3, 0.4) is 0 Å². The minimum atomic E-state index is -0.545. The van der Waals surface area contributed by atoms with Gasteiger partial charge in [-0.2, -0.15) is 0 Å². The number of methoxy groups -OCH3 is 1. The van der Waals surface area contributed by atoms with Crippen molar-refractivity contribution >= 4 is 22.9 Å². The molecule has 2 aromatic rings. The number of aryl methyl sites for hydroxylation is 1. The van der Waals surface area contributed by atoms with Crippen molar-refractivity contribution in [3.05, 3.63) is 59.4 Å². The fourth-order valence-corrected chi connectivity index (χ4v) is 4.14. The van der Waals surface area contributed by atoms with Crippen LogP contribution in [0.15, 0.2) is 42.6 Å². The van der Waals surface area contributed by atoms with Gasteiger partial charge in [0.2, 0.25) is 5.91 Å². The maximum Gasteiger partial charge on any atom is 0.291 e. The summed E-state index contributed by atoms with van der Waals surface area (Å²) in [6.45, 7) is 4.35. The molecular formula is C22H26N2O4S. The molecule has 1 aromatic heterocycles. The van der Waals surface area contributed by atoms with Gasteiger partial charge in [0, 0.05) is 25.4 Å². The number of hydrogen-bond acceptors (Lipinski definition) is 6. The number of carbonyl (C=O) groups excluding carboxylic acids is 2. The Bertz CT molecular complexity index is 839. The second-order valence-electron chi connectivity index (χ2n) is 6.87. The van der Waals surface area contributed by atoms with Gasteiger partial charge in [0.15, 0.2) is 0 Å². The van der Waals surface area contributed by atoms with E-state index < -0.39 is 11.5 Å². The summed E-state index contributed by atoms with van der Waals surface area (Å²) in [5.41, 5.74) is 3.22. The van der Waals surface area contributed by atoms with E-state index in [1.165, 1.54) is 17.6 Å². The summed E-state index contributed by atoms with van der Waals surface area (Å²) >= 11 is 1.06. The van der Waals surface area contributed by atoms with E-state index >= 15 is 0 Å². The molecule has 6 nitrogen and oxygen atoms in total. The Morgan fingerprint density at radius 3 is 2.48 bits per heavy atom. The molecule has 2 atom stereocenters. The molecule has 2 heterocycles. The molecule has 0 spiro atoms. The number of carbonyl (C=O) groups is 2. The average molecular weight is 415 g/mol. The zero-order chi connectivity index (χ0) is 20.8. The van der Waals surface area contributed by atoms with E-state index in [2.05, 4.69) is 18.0 Å². The lowest BCUT2D eigenvalue weighted by Gasteiger charge is -2.20. The quantitative estimate of drug-likeness (QED) is 0.621. The van der Waals surface area contributed by atoms with Gasteiger partial charge in [-0.05, 0) is 49.1 Å². The van der Waals surface area contributed by atoms with Gasteiger partial charge in [-0.15, -0.1) is 0 Å². The molecule has 0 aliphatic carbocycles. The number of pyridine rings is 1. The SMILES string of the molecule is CCc1ccc(CCOc2ccc(CC3SC(=O)N(C(C)OC)C3=O)cc2)nc1. The molecular weight excluding hydrogens is 388 g/mol. The second-order valence-corrected chi connectivity index (χ2v) is 8.03. The molecule has 1 fully saturated rings. The third kappa shape index (κ3) is 5.36. The molecule has 0 N–H and O–H groups in total. The predicted molar refractivity (Wildman–Crippen MR) is 113 cm³/mol. The Kier molecular flexibility index (Phi) is 7.28. The number of rotatable bonds is 9. The molecule has 0 saturated carbocycles. The van der Waals surface area contributed by atoms with Gasteiger partial charge < -0.3 is 9.47 Å². The zero-order valence-electron chi connectivity index (χ0n) is 17.0. The van der Waals surface area contributed by atoms with Gasteiger partial charge in [-0.25, -0.2) is 4.90 Å². The molecule has 1 aliphatic rings. The van der Waals surface area contributed by atoms with Crippen LogP contribution in [0.1, 0.15) is 30.7 Å². The molecule has 154 valence electrons. The van der Waals surface area contributed by atoms with Crippen LogP contribution in [0.25, 0.3) is 0 Å². The zero-order valence-corrected chi connectivity index (χ0v) is 17.8. The van der Waals surface area contributed by atoms with Crippen molar-refractivity contribution in [3.8, 4) is 5.75 Å². The fraction of sp³-hybridized carbons (Fsp3) is 0.409. The molecule has 29 heavy (non-hydrogen) atoms. The van der Waals surface area contributed by atoms with Gasteiger partial charge in [0.25, 0.3) is 5.24 Å². The molecule has 0 bridgehead atoms. The van der Waals surface area contributed by atoms with Crippen molar-refractivity contribution < 1.29 is 19.1 Å². The molecule has 7 heteroatoms. The van der Waals surface area contributed by atoms with E-state index in [0.29, 0.717) is 13.0 Å². The van der Waals surface area contributed by atoms with E-state index in [4.69, 9.17) is 9.47 Å². The summed E-state index contributed by atoms with van der Waals surface area (Å²) in [4.78, 5) is 30.2. The largest absolute Gasteiger partial charge is 0.493 e. The van der Waals surface area contributed by atoms with Crippen LogP contribution in [-0.4, -0.2) is 46.2 Å². The van der Waals surface area contributed by atoms with Crippen LogP contribution in [0.5, 0.6) is 5.75 Å². The highest BCUT2D eigenvalue weighted by Gasteiger charge is 2.42. The van der Waals surface area contributed by atoms with Crippen LogP contribution in [0, 0.1) is 0 Å². The number of aromatic nitrogens is 1. The summed E-state index contributed by atoms with van der Waals surface area (Å²) in [6.07, 6.45) is 3.59. The first kappa shape index (κ1) is 21.3. The van der Waals surface area contributed by atoms with Crippen molar-refractivity contribution in [1.29, 1.82) is 0 Å². The smallest absolute Gasteiger partial charge is 0.291 e. The highest BCUT2D eigenvalue weighted by Crippen LogP contribution is 2.31. The van der Waals surface area contributed by atoms with E-state index in [9.17, 15) is 9.59 Å². The molecule has 1 aliphatic heterocycles. The lowest BCUT2D eigenvalue weighted by molar-refractivity contribution is -0.134. The van der Waals surface area contributed by atoms with Gasteiger partial charge in [0.05, 0.1) is 11.9 Å². The topological polar surface area (TPSA) is 68.7 Å². The van der Waals surface area contributed by atoms with E-state index in [1.54, 1.807) is 6.92 Å². The maximum absolute atomic E-state index is 12.5. The Morgan fingerprint density at radius 2 is 1.86 bits per heavy atom. The van der Waals surface area contributed by atoms with Crippen LogP contribution >= 0.6 is 11.8 Å². The summed E-state index contributed by atoms with van der Waals surface area (Å²) < 4.78 is 10.9. The number of amides is 2. The lowest BCUT2D eigenvalue weighted by atomic mass is 10.1. The van der Waals surface area contributed by atoms with E-state index in [0.717, 1.165) is 41.6 Å². The lowest BCUT2D eigenvalue weighted by Crippen LogP contribution is -2.40. The molecule has 0 radical (unpaired) electrons. The first-order valence-electron chi connectivity index (χ1n) is 9.73. The summed E-state index contributed by atoms with van der Waals surface area (Å²) in [5.74, 6) is 0.575. The van der Waals surface area contributed by atoms with Crippen LogP contribution in [-0.2, 0) is 28.8 Å². The number of nitrogens with zero attached hydrogens (tertiary/aromatic N) is 2. The Balaban J connectivity index is 1.50. The minimum Gasteiger partial charge on any atom is -0.493 e. The highest BCUT2D eigenvalue weighted by atomic mass is 32.2. The number of thioether (sulfide) groups is 1. The minimum absolute atomic E-state index is 0.198. The number of imide groups is 1. The third-order valence-corrected chi connectivity index (χ3v) is 5.97. The second kappa shape index (κ2) is 9.89. The van der Waals surface area contributed by atoms with Crippen LogP contribution in [0.4, 0.5) is 4.79 Å². The van der Waals surface area contributed by atoms with Crippen molar-refractivity contribution in [2.75, 3.05) is 13.7 Å². The van der Waals surface area contributed by atoms with Gasteiger partial charge >= 0.3 is 0 Å². The first-order chi connectivity index (χ1) is 14.0. The van der Waals surface area contributed by atoms with Gasteiger partial charge in [-0.1, -0.05) is 36.9 Å². The molecule has 1 aromatic carbocycles. The molecule has 3 rings (SSSR count). The Hall–Kier alpha value is -2.38. The van der Waals surface area contributed by atoms with Gasteiger partial charge in [-0.3, -0.25) is 14.6 Å². The Morgan fingerprint density at radius 1 is 1.14 bits per heavy atom. The molecule has 1 saturated heterocycles. The van der Waals surface area contributed by atoms with Crippen molar-refractivity contribution in [3.63, 3.8) is 0 Å². The van der Waals surface area contributed by atoms with Crippen LogP contribution < -0.4 is 4.74 Å². The number of benzene rings is 1. The molecule has 2 unspecified atom stereocenters. The summed E-state index contributed by atoms with van der Waals surface area (Å²) in [5, 5.41) is -0.668. The summed E-state index contributed by atoms with van der Waals surface area (Å²) in [6, 6.07) is 11.8. The normalized spacial score (nSPS) is 17.6. The van der Waals surface area contributed by atoms with Crippen molar-refractivity contribution in [2.45, 2.75) is 44.6 Å². The highest BCUT2D eigenvalue weighted by molar-refractivity contribution is 8.15. The molecule has 2 amide bonds. The predicted octanol–water partition coefficient (Wildman–Crippen LogP) is 3.86. The van der Waals surface area contributed by atoms with E-state index in [-0.39, 0.29) is 11.1 Å². The third-order valence-electron chi connectivity index (χ3n) is 4.92. The average Bonchev–Trinajstić information content (AvgIpc) is 3.02. The first-order valence-corrected chi connectivity index (χ1v) is 10.6. The fourth-order valence-electron chi connectivity index (χ4n) is 3.06. The standard InChI is InChI=1S/C22H26N2O4S/c1-4-16-5-8-18(23-14-16)11-12-28-19-9-6-17(7-10-19)13-20-21(25)24(15(2)27-3)22(26)29-20/h5-10,14-15,20H,4,11-13H2,1-3H3. The summed E-state index contributed by atoms with van der Waals surface area (Å²) in [7, 11) is 1.48. The van der Waals surface area contributed by atoms with Crippen molar-refractivity contribution in [2.24, 2.45) is 0 Å². The van der Waals surface area contributed by atoms with Crippen molar-refractivity contribution in [1.82, 2.24) is 9.88 Å². The monoisotopic (exact) mass is 414 g/mol. The van der Waals surface area contributed by atoms with Crippen LogP contribution in [0.2, 0.25) is 0 Å². The van der Waals surface area contributed by atoms with Gasteiger partial charge in [0.1, 0.15) is 12.0 Å². The Labute approximate surface area is 175 Å². The van der Waals surface area contributed by atoms with E-state index in [1.807, 2.05) is 36.5 Å². The maximum atomic E-state index is 12.5. The number of ether oxygens (including phenoxy) is 2. The number of hydrogen-bond donors (Lipinski definition) is 0.